The van der Waals surface area contributed by atoms with Gasteiger partial charge >= 0.3 is 5.97 Å². The fourth-order valence-corrected chi connectivity index (χ4v) is 1.32. The van der Waals surface area contributed by atoms with Gasteiger partial charge in [0.2, 0.25) is 0 Å². The van der Waals surface area contributed by atoms with Gasteiger partial charge in [-0.25, -0.2) is 10.7 Å². The molecule has 0 aromatic heterocycles. The lowest BCUT2D eigenvalue weighted by atomic mass is 10.1. The molecule has 0 atom stereocenters. The minimum atomic E-state index is -0.469. The molecule has 1 rings (SSSR count). The van der Waals surface area contributed by atoms with E-state index in [1.165, 1.54) is 0 Å². The van der Waals surface area contributed by atoms with Crippen LogP contribution in [-0.2, 0) is 16.0 Å². The van der Waals surface area contributed by atoms with Gasteiger partial charge in [-0.1, -0.05) is 12.1 Å². The molecule has 1 aromatic rings. The number of carbonyl (C=O) groups is 1. The molecule has 0 saturated heterocycles. The minimum absolute atomic E-state index is 0.306. The Balaban J connectivity index is 2.64. The van der Waals surface area contributed by atoms with Crippen LogP contribution >= 0.6 is 0 Å². The molecule has 0 spiro atoms. The lowest BCUT2D eigenvalue weighted by molar-refractivity contribution is 0.00695. The van der Waals surface area contributed by atoms with E-state index in [1.54, 1.807) is 12.1 Å². The molecule has 0 unspecified atom stereocenters. The number of ether oxygens (including phenoxy) is 1. The highest BCUT2D eigenvalue weighted by atomic mass is 16.6. The molecule has 0 amide bonds. The third-order valence-corrected chi connectivity index (χ3v) is 2.10. The van der Waals surface area contributed by atoms with E-state index in [1.807, 2.05) is 32.9 Å². The first-order valence-electron chi connectivity index (χ1n) is 5.56. The lowest BCUT2D eigenvalue weighted by Crippen LogP contribution is -2.23. The van der Waals surface area contributed by atoms with Gasteiger partial charge in [-0.15, -0.1) is 0 Å². The van der Waals surface area contributed by atoms with E-state index < -0.39 is 5.60 Å². The van der Waals surface area contributed by atoms with Gasteiger partial charge in [-0.05, 0) is 44.9 Å². The molecule has 0 radical (unpaired) electrons. The number of hydrogen-bond acceptors (Lipinski definition) is 4. The number of nitrogens with two attached hydrogens (primary N) is 1. The van der Waals surface area contributed by atoms with Crippen LogP contribution in [0.4, 0.5) is 0 Å². The van der Waals surface area contributed by atoms with Crippen LogP contribution in [0.5, 0.6) is 0 Å². The average Bonchev–Trinajstić information content (AvgIpc) is 2.24. The maximum absolute atomic E-state index is 11.7. The predicted octanol–water partition coefficient (Wildman–Crippen LogP) is 2.07. The Kier molecular flexibility index (Phi) is 4.66. The zero-order chi connectivity index (χ0) is 12.9. The van der Waals surface area contributed by atoms with Crippen molar-refractivity contribution in [3.05, 3.63) is 35.4 Å². The van der Waals surface area contributed by atoms with Gasteiger partial charge in [0.15, 0.2) is 0 Å². The lowest BCUT2D eigenvalue weighted by Gasteiger charge is -2.19. The Morgan fingerprint density at radius 2 is 1.82 bits per heavy atom. The first-order chi connectivity index (χ1) is 7.92. The summed E-state index contributed by atoms with van der Waals surface area (Å²) >= 11 is 0. The van der Waals surface area contributed by atoms with Crippen molar-refractivity contribution in [2.45, 2.75) is 32.8 Å². The number of hydrogen-bond donors (Lipinski definition) is 1. The maximum atomic E-state index is 11.7. The van der Waals surface area contributed by atoms with Crippen molar-refractivity contribution in [1.29, 1.82) is 0 Å². The third-order valence-electron chi connectivity index (χ3n) is 2.10. The Bertz CT molecular complexity index is 365. The molecular weight excluding hydrogens is 218 g/mol. The summed E-state index contributed by atoms with van der Waals surface area (Å²) in [6.07, 6.45) is 0.727. The van der Waals surface area contributed by atoms with E-state index in [4.69, 9.17) is 10.6 Å². The summed E-state index contributed by atoms with van der Waals surface area (Å²) in [6.45, 7) is 6.00. The topological polar surface area (TPSA) is 61.5 Å². The summed E-state index contributed by atoms with van der Waals surface area (Å²) in [5, 5.41) is 0. The van der Waals surface area contributed by atoms with Gasteiger partial charge in [-0.2, -0.15) is 0 Å². The second-order valence-corrected chi connectivity index (χ2v) is 4.82. The predicted molar refractivity (Wildman–Crippen MR) is 65.5 cm³/mol. The fourth-order valence-electron chi connectivity index (χ4n) is 1.32. The summed E-state index contributed by atoms with van der Waals surface area (Å²) in [7, 11) is 0. The van der Waals surface area contributed by atoms with Crippen molar-refractivity contribution in [3.63, 3.8) is 0 Å². The van der Waals surface area contributed by atoms with Crippen molar-refractivity contribution >= 4 is 5.97 Å². The normalized spacial score (nSPS) is 11.3. The highest BCUT2D eigenvalue weighted by molar-refractivity contribution is 5.89. The molecule has 0 bridgehead atoms. The van der Waals surface area contributed by atoms with E-state index in [0.717, 1.165) is 12.0 Å². The highest BCUT2D eigenvalue weighted by Gasteiger charge is 2.17. The van der Waals surface area contributed by atoms with Crippen molar-refractivity contribution in [1.82, 2.24) is 0 Å². The second-order valence-electron chi connectivity index (χ2n) is 4.82. The van der Waals surface area contributed by atoms with Crippen LogP contribution in [0.2, 0.25) is 0 Å². The minimum Gasteiger partial charge on any atom is -0.456 e. The first-order valence-corrected chi connectivity index (χ1v) is 5.56. The molecule has 0 aliphatic carbocycles. The van der Waals surface area contributed by atoms with Crippen LogP contribution in [-0.4, -0.2) is 18.2 Å². The van der Waals surface area contributed by atoms with Crippen molar-refractivity contribution in [2.24, 2.45) is 5.90 Å². The van der Waals surface area contributed by atoms with Gasteiger partial charge < -0.3 is 9.57 Å². The number of benzene rings is 1. The van der Waals surface area contributed by atoms with E-state index in [0.29, 0.717) is 12.2 Å². The standard InChI is InChI=1S/C13H19NO3/c1-13(2,3)17-12(15)11-6-4-10(5-7-11)8-9-16-14/h4-7H,8-9,14H2,1-3H3. The molecule has 94 valence electrons. The molecule has 1 aromatic carbocycles. The molecule has 0 aliphatic heterocycles. The van der Waals surface area contributed by atoms with E-state index >= 15 is 0 Å². The Morgan fingerprint density at radius 3 is 2.29 bits per heavy atom. The Labute approximate surface area is 102 Å². The van der Waals surface area contributed by atoms with Gasteiger partial charge in [-0.3, -0.25) is 0 Å². The monoisotopic (exact) mass is 237 g/mol. The fraction of sp³-hybridized carbons (Fsp3) is 0.462. The number of esters is 1. The van der Waals surface area contributed by atoms with Crippen molar-refractivity contribution in [3.8, 4) is 0 Å². The summed E-state index contributed by atoms with van der Waals surface area (Å²) in [5.74, 6) is 4.64. The maximum Gasteiger partial charge on any atom is 0.338 e. The molecule has 17 heavy (non-hydrogen) atoms. The van der Waals surface area contributed by atoms with Gasteiger partial charge in [0.1, 0.15) is 5.60 Å². The van der Waals surface area contributed by atoms with Gasteiger partial charge in [0.05, 0.1) is 12.2 Å². The SMILES string of the molecule is CC(C)(C)OC(=O)c1ccc(CCON)cc1. The quantitative estimate of drug-likeness (QED) is 0.643. The van der Waals surface area contributed by atoms with Crippen molar-refractivity contribution in [2.75, 3.05) is 6.61 Å². The van der Waals surface area contributed by atoms with E-state index in [9.17, 15) is 4.79 Å². The van der Waals surface area contributed by atoms with E-state index in [-0.39, 0.29) is 5.97 Å². The summed E-state index contributed by atoms with van der Waals surface area (Å²) in [6, 6.07) is 7.25. The molecule has 0 aliphatic rings. The van der Waals surface area contributed by atoms with E-state index in [2.05, 4.69) is 4.84 Å². The Morgan fingerprint density at radius 1 is 1.24 bits per heavy atom. The van der Waals surface area contributed by atoms with Gasteiger partial charge in [0.25, 0.3) is 0 Å². The molecule has 0 fully saturated rings. The zero-order valence-corrected chi connectivity index (χ0v) is 10.5. The summed E-state index contributed by atoms with van der Waals surface area (Å²) < 4.78 is 5.26. The number of rotatable bonds is 4. The molecular formula is C13H19NO3. The van der Waals surface area contributed by atoms with Crippen LogP contribution in [0.25, 0.3) is 0 Å². The van der Waals surface area contributed by atoms with Crippen LogP contribution in [0.3, 0.4) is 0 Å². The smallest absolute Gasteiger partial charge is 0.338 e. The molecule has 0 heterocycles. The van der Waals surface area contributed by atoms with Crippen LogP contribution in [0.1, 0.15) is 36.7 Å². The van der Waals surface area contributed by atoms with Crippen molar-refractivity contribution < 1.29 is 14.4 Å². The van der Waals surface area contributed by atoms with Crippen LogP contribution < -0.4 is 5.90 Å². The van der Waals surface area contributed by atoms with Crippen LogP contribution in [0.15, 0.2) is 24.3 Å². The number of carbonyl (C=O) groups excluding carboxylic acids is 1. The molecule has 2 N–H and O–H groups in total. The van der Waals surface area contributed by atoms with Crippen LogP contribution in [0, 0.1) is 0 Å². The summed E-state index contributed by atoms with van der Waals surface area (Å²) in [5.41, 5.74) is 1.16. The largest absolute Gasteiger partial charge is 0.456 e. The average molecular weight is 237 g/mol. The zero-order valence-electron chi connectivity index (χ0n) is 10.5. The molecule has 0 saturated carbocycles. The second kappa shape index (κ2) is 5.80. The molecule has 4 heteroatoms. The summed E-state index contributed by atoms with van der Waals surface area (Å²) in [4.78, 5) is 16.2. The van der Waals surface area contributed by atoms with Gasteiger partial charge in [0, 0.05) is 0 Å². The molecule has 4 nitrogen and oxygen atoms in total. The Hall–Kier alpha value is -1.39. The third kappa shape index (κ3) is 4.97. The highest BCUT2D eigenvalue weighted by Crippen LogP contribution is 2.13. The first kappa shape index (κ1) is 13.7.